The zero-order valence-corrected chi connectivity index (χ0v) is 18.8. The van der Waals surface area contributed by atoms with Crippen molar-refractivity contribution < 1.29 is 9.53 Å². The van der Waals surface area contributed by atoms with Crippen LogP contribution >= 0.6 is 23.4 Å². The fraction of sp³-hybridized carbons (Fsp3) is 0.318. The first-order valence-corrected chi connectivity index (χ1v) is 11.2. The third-order valence-corrected chi connectivity index (χ3v) is 5.80. The molecule has 0 saturated carbocycles. The molecule has 1 N–H and O–H groups in total. The molecule has 0 aliphatic rings. The maximum absolute atomic E-state index is 12.3. The lowest BCUT2D eigenvalue weighted by molar-refractivity contribution is -0.113. The van der Waals surface area contributed by atoms with Crippen LogP contribution in [-0.2, 0) is 17.9 Å². The topological polar surface area (TPSA) is 69.0 Å². The van der Waals surface area contributed by atoms with E-state index in [4.69, 9.17) is 16.3 Å². The zero-order valence-electron chi connectivity index (χ0n) is 17.3. The van der Waals surface area contributed by atoms with Gasteiger partial charge in [-0.1, -0.05) is 61.5 Å². The van der Waals surface area contributed by atoms with Gasteiger partial charge < -0.3 is 14.6 Å². The quantitative estimate of drug-likeness (QED) is 0.448. The SMILES string of the molecule is CCn1c(COc2ccc(C(C)C)cc2)nnc1SCC(=O)Nc1ccccc1Cl. The number of amides is 1. The Labute approximate surface area is 186 Å². The highest BCUT2D eigenvalue weighted by Gasteiger charge is 2.14. The van der Waals surface area contributed by atoms with E-state index in [1.54, 1.807) is 12.1 Å². The van der Waals surface area contributed by atoms with Crippen LogP contribution in [0.3, 0.4) is 0 Å². The van der Waals surface area contributed by atoms with E-state index in [9.17, 15) is 4.79 Å². The molecule has 0 atom stereocenters. The molecule has 0 spiro atoms. The fourth-order valence-corrected chi connectivity index (χ4v) is 3.83. The summed E-state index contributed by atoms with van der Waals surface area (Å²) in [6.07, 6.45) is 0. The Morgan fingerprint density at radius 1 is 1.17 bits per heavy atom. The Hall–Kier alpha value is -2.51. The number of carbonyl (C=O) groups excluding carboxylic acids is 1. The molecule has 0 aliphatic carbocycles. The highest BCUT2D eigenvalue weighted by atomic mass is 35.5. The zero-order chi connectivity index (χ0) is 21.5. The van der Waals surface area contributed by atoms with Crippen molar-refractivity contribution in [1.82, 2.24) is 14.8 Å². The van der Waals surface area contributed by atoms with E-state index < -0.39 is 0 Å². The van der Waals surface area contributed by atoms with E-state index in [0.29, 0.717) is 34.9 Å². The average molecular weight is 445 g/mol. The van der Waals surface area contributed by atoms with Gasteiger partial charge in [0.15, 0.2) is 11.0 Å². The molecule has 1 amide bonds. The molecular weight excluding hydrogens is 420 g/mol. The molecule has 2 aromatic carbocycles. The monoisotopic (exact) mass is 444 g/mol. The van der Waals surface area contributed by atoms with Gasteiger partial charge in [0.05, 0.1) is 16.5 Å². The van der Waals surface area contributed by atoms with Crippen LogP contribution < -0.4 is 10.1 Å². The number of nitrogens with zero attached hydrogens (tertiary/aromatic N) is 3. The molecule has 0 fully saturated rings. The van der Waals surface area contributed by atoms with Crippen molar-refractivity contribution >= 4 is 35.0 Å². The van der Waals surface area contributed by atoms with E-state index in [2.05, 4.69) is 41.5 Å². The van der Waals surface area contributed by atoms with E-state index in [1.807, 2.05) is 35.8 Å². The van der Waals surface area contributed by atoms with Crippen LogP contribution in [0.2, 0.25) is 5.02 Å². The molecule has 0 aliphatic heterocycles. The molecule has 6 nitrogen and oxygen atoms in total. The van der Waals surface area contributed by atoms with Crippen LogP contribution in [0.25, 0.3) is 0 Å². The van der Waals surface area contributed by atoms with Crippen molar-refractivity contribution in [3.8, 4) is 5.75 Å². The predicted octanol–water partition coefficient (Wildman–Crippen LogP) is 5.38. The predicted molar refractivity (Wildman–Crippen MR) is 121 cm³/mol. The largest absolute Gasteiger partial charge is 0.486 e. The lowest BCUT2D eigenvalue weighted by Gasteiger charge is -2.10. The highest BCUT2D eigenvalue weighted by molar-refractivity contribution is 7.99. The second-order valence-corrected chi connectivity index (χ2v) is 8.32. The summed E-state index contributed by atoms with van der Waals surface area (Å²) in [5.41, 5.74) is 1.87. The number of anilines is 1. The maximum Gasteiger partial charge on any atom is 0.234 e. The number of hydrogen-bond donors (Lipinski definition) is 1. The molecule has 30 heavy (non-hydrogen) atoms. The van der Waals surface area contributed by atoms with E-state index >= 15 is 0 Å². The molecule has 0 saturated heterocycles. The van der Waals surface area contributed by atoms with Gasteiger partial charge in [0.25, 0.3) is 0 Å². The Bertz CT molecular complexity index is 989. The standard InChI is InChI=1S/C22H25ClN4O2S/c1-4-27-20(13-29-17-11-9-16(10-12-17)15(2)3)25-26-22(27)30-14-21(28)24-19-8-6-5-7-18(19)23/h5-12,15H,4,13-14H2,1-3H3,(H,24,28). The van der Waals surface area contributed by atoms with Crippen LogP contribution in [0.4, 0.5) is 5.69 Å². The molecule has 0 bridgehead atoms. The summed E-state index contributed by atoms with van der Waals surface area (Å²) < 4.78 is 7.83. The number of halogens is 1. The molecule has 0 radical (unpaired) electrons. The number of benzene rings is 2. The van der Waals surface area contributed by atoms with E-state index in [0.717, 1.165) is 11.6 Å². The van der Waals surface area contributed by atoms with Gasteiger partial charge >= 0.3 is 0 Å². The van der Waals surface area contributed by atoms with Gasteiger partial charge in [0.2, 0.25) is 5.91 Å². The van der Waals surface area contributed by atoms with Gasteiger partial charge in [-0.15, -0.1) is 10.2 Å². The summed E-state index contributed by atoms with van der Waals surface area (Å²) in [6, 6.07) is 15.2. The number of hydrogen-bond acceptors (Lipinski definition) is 5. The van der Waals surface area contributed by atoms with Gasteiger partial charge in [-0.3, -0.25) is 4.79 Å². The minimum atomic E-state index is -0.151. The first-order valence-electron chi connectivity index (χ1n) is 9.80. The summed E-state index contributed by atoms with van der Waals surface area (Å²) in [6.45, 7) is 7.33. The average Bonchev–Trinajstić information content (AvgIpc) is 3.14. The third kappa shape index (κ3) is 5.77. The Kier molecular flexibility index (Phi) is 7.76. The van der Waals surface area contributed by atoms with E-state index in [1.165, 1.54) is 17.3 Å². The summed E-state index contributed by atoms with van der Waals surface area (Å²) >= 11 is 7.42. The third-order valence-electron chi connectivity index (χ3n) is 4.50. The van der Waals surface area contributed by atoms with Gasteiger partial charge in [0, 0.05) is 6.54 Å². The van der Waals surface area contributed by atoms with Crippen LogP contribution in [-0.4, -0.2) is 26.4 Å². The maximum atomic E-state index is 12.3. The first kappa shape index (κ1) is 22.2. The van der Waals surface area contributed by atoms with Crippen molar-refractivity contribution in [1.29, 1.82) is 0 Å². The fourth-order valence-electron chi connectivity index (χ4n) is 2.83. The van der Waals surface area contributed by atoms with Crippen LogP contribution in [0, 0.1) is 0 Å². The summed E-state index contributed by atoms with van der Waals surface area (Å²) in [5.74, 6) is 2.05. The van der Waals surface area contributed by atoms with Crippen molar-refractivity contribution in [2.45, 2.75) is 45.0 Å². The van der Waals surface area contributed by atoms with Gasteiger partial charge in [-0.25, -0.2) is 0 Å². The summed E-state index contributed by atoms with van der Waals surface area (Å²) in [4.78, 5) is 12.3. The van der Waals surface area contributed by atoms with Gasteiger partial charge in [-0.2, -0.15) is 0 Å². The van der Waals surface area contributed by atoms with Crippen molar-refractivity contribution in [2.24, 2.45) is 0 Å². The minimum absolute atomic E-state index is 0.151. The highest BCUT2D eigenvalue weighted by Crippen LogP contribution is 2.23. The molecule has 3 rings (SSSR count). The molecule has 0 unspecified atom stereocenters. The minimum Gasteiger partial charge on any atom is -0.486 e. The van der Waals surface area contributed by atoms with Crippen LogP contribution in [0.5, 0.6) is 5.75 Å². The van der Waals surface area contributed by atoms with Gasteiger partial charge in [-0.05, 0) is 42.7 Å². The first-order chi connectivity index (χ1) is 14.5. The normalized spacial score (nSPS) is 11.0. The Morgan fingerprint density at radius 2 is 1.90 bits per heavy atom. The number of carbonyl (C=O) groups is 1. The Morgan fingerprint density at radius 3 is 2.57 bits per heavy atom. The molecule has 1 aromatic heterocycles. The molecule has 3 aromatic rings. The summed E-state index contributed by atoms with van der Waals surface area (Å²) in [5, 5.41) is 12.5. The Balaban J connectivity index is 1.57. The second-order valence-electron chi connectivity index (χ2n) is 6.97. The number of nitrogens with one attached hydrogen (secondary N) is 1. The number of para-hydroxylation sites is 1. The van der Waals surface area contributed by atoms with E-state index in [-0.39, 0.29) is 11.7 Å². The second kappa shape index (κ2) is 10.5. The lowest BCUT2D eigenvalue weighted by Crippen LogP contribution is -2.15. The van der Waals surface area contributed by atoms with Crippen molar-refractivity contribution in [2.75, 3.05) is 11.1 Å². The van der Waals surface area contributed by atoms with Gasteiger partial charge in [0.1, 0.15) is 12.4 Å². The smallest absolute Gasteiger partial charge is 0.234 e. The van der Waals surface area contributed by atoms with Crippen LogP contribution in [0.1, 0.15) is 38.1 Å². The number of aromatic nitrogens is 3. The molecule has 158 valence electrons. The van der Waals surface area contributed by atoms with Crippen molar-refractivity contribution in [3.63, 3.8) is 0 Å². The number of thioether (sulfide) groups is 1. The number of ether oxygens (including phenoxy) is 1. The van der Waals surface area contributed by atoms with Crippen molar-refractivity contribution in [3.05, 3.63) is 64.9 Å². The lowest BCUT2D eigenvalue weighted by atomic mass is 10.0. The molecule has 1 heterocycles. The molecule has 8 heteroatoms. The molecular formula is C22H25ClN4O2S. The summed E-state index contributed by atoms with van der Waals surface area (Å²) in [7, 11) is 0. The van der Waals surface area contributed by atoms with Crippen LogP contribution in [0.15, 0.2) is 53.7 Å². The number of rotatable bonds is 9.